The molecule has 4 N–H and O–H groups in total. The Kier molecular flexibility index (Phi) is 19.6. The zero-order valence-corrected chi connectivity index (χ0v) is 10.3. The van der Waals surface area contributed by atoms with Crippen molar-refractivity contribution in [2.24, 2.45) is 0 Å². The average molecular weight is 263 g/mol. The van der Waals surface area contributed by atoms with Gasteiger partial charge in [0.15, 0.2) is 0 Å². The van der Waals surface area contributed by atoms with Crippen molar-refractivity contribution in [2.75, 3.05) is 0 Å². The molecule has 0 bridgehead atoms. The van der Waals surface area contributed by atoms with Crippen molar-refractivity contribution < 1.29 is 34.5 Å². The minimum Gasteiger partial charge on any atom is -0.481 e. The number of nitrogens with one attached hydrogen (secondary N) is 1. The molecule has 1 rings (SSSR count). The van der Waals surface area contributed by atoms with E-state index in [9.17, 15) is 0 Å². The zero-order chi connectivity index (χ0) is 15.0. The second-order valence-electron chi connectivity index (χ2n) is 2.48. The van der Waals surface area contributed by atoms with Crippen molar-refractivity contribution in [3.8, 4) is 0 Å². The predicted octanol–water partition coefficient (Wildman–Crippen LogP) is 0.821. The molecule has 0 aromatic rings. The molecule has 0 unspecified atom stereocenters. The molecule has 0 saturated carbocycles. The summed E-state index contributed by atoms with van der Waals surface area (Å²) in [7, 11) is 0. The van der Waals surface area contributed by atoms with Gasteiger partial charge in [-0.05, 0) is 12.2 Å². The van der Waals surface area contributed by atoms with Gasteiger partial charge in [0.25, 0.3) is 17.9 Å². The summed E-state index contributed by atoms with van der Waals surface area (Å²) in [5.41, 5.74) is 2.52. The second kappa shape index (κ2) is 16.9. The summed E-state index contributed by atoms with van der Waals surface area (Å²) >= 11 is 0. The van der Waals surface area contributed by atoms with Gasteiger partial charge in [0.2, 0.25) is 0 Å². The molecule has 1 aliphatic rings. The van der Waals surface area contributed by atoms with Crippen LogP contribution in [0.5, 0.6) is 0 Å². The monoisotopic (exact) mass is 263 g/mol. The van der Waals surface area contributed by atoms with Crippen molar-refractivity contribution in [1.29, 1.82) is 0 Å². The van der Waals surface area contributed by atoms with Crippen LogP contribution in [0.1, 0.15) is 20.8 Å². The highest BCUT2D eigenvalue weighted by Gasteiger charge is 1.72. The smallest absolute Gasteiger partial charge is 0.300 e. The van der Waals surface area contributed by atoms with Crippen LogP contribution in [0.15, 0.2) is 24.6 Å². The fraction of sp³-hybridized carbons (Fsp3) is 0.300. The third-order valence-electron chi connectivity index (χ3n) is 0.490. The summed E-state index contributed by atoms with van der Waals surface area (Å²) in [6.45, 7) is 3.25. The Morgan fingerprint density at radius 1 is 0.889 bits per heavy atom. The second-order valence-corrected chi connectivity index (χ2v) is 2.48. The SMILES string of the molecule is C1=CNOC=C1.CC(=O)O.CC(=O)O.CC(=O)O. The number of aliphatic carboxylic acids is 3. The van der Waals surface area contributed by atoms with Gasteiger partial charge in [-0.25, -0.2) is 5.48 Å². The van der Waals surface area contributed by atoms with Gasteiger partial charge < -0.3 is 20.2 Å². The molecule has 0 atom stereocenters. The van der Waals surface area contributed by atoms with Crippen LogP contribution >= 0.6 is 0 Å². The number of hydrogen-bond donors (Lipinski definition) is 4. The van der Waals surface area contributed by atoms with E-state index in [4.69, 9.17) is 29.7 Å². The first-order chi connectivity index (χ1) is 8.20. The first-order valence-corrected chi connectivity index (χ1v) is 4.51. The minimum atomic E-state index is -0.833. The topological polar surface area (TPSA) is 133 Å². The molecule has 8 nitrogen and oxygen atoms in total. The Balaban J connectivity index is -0.000000171. The fourth-order valence-corrected chi connectivity index (χ4v) is 0.258. The van der Waals surface area contributed by atoms with E-state index in [1.165, 1.54) is 0 Å². The number of hydroxylamine groups is 1. The van der Waals surface area contributed by atoms with E-state index < -0.39 is 17.9 Å². The summed E-state index contributed by atoms with van der Waals surface area (Å²) in [5.74, 6) is -2.50. The Hall–Kier alpha value is -2.51. The van der Waals surface area contributed by atoms with E-state index in [1.54, 1.807) is 18.5 Å². The molecule has 0 spiro atoms. The number of hydrogen-bond acceptors (Lipinski definition) is 5. The van der Waals surface area contributed by atoms with Crippen molar-refractivity contribution >= 4 is 17.9 Å². The minimum absolute atomic E-state index is 0.833. The third kappa shape index (κ3) is 173. The maximum Gasteiger partial charge on any atom is 0.300 e. The number of carboxylic acid groups (broad SMARTS) is 3. The Morgan fingerprint density at radius 3 is 1.28 bits per heavy atom. The highest BCUT2D eigenvalue weighted by Crippen LogP contribution is 1.80. The van der Waals surface area contributed by atoms with Gasteiger partial charge in [-0.3, -0.25) is 14.4 Å². The van der Waals surface area contributed by atoms with E-state index in [-0.39, 0.29) is 0 Å². The summed E-state index contributed by atoms with van der Waals surface area (Å²) < 4.78 is 0. The van der Waals surface area contributed by atoms with Gasteiger partial charge >= 0.3 is 0 Å². The van der Waals surface area contributed by atoms with Gasteiger partial charge in [-0.2, -0.15) is 0 Å². The van der Waals surface area contributed by atoms with Crippen LogP contribution in [0.25, 0.3) is 0 Å². The van der Waals surface area contributed by atoms with Crippen LogP contribution in [-0.2, 0) is 19.2 Å². The molecule has 1 heterocycles. The molecule has 0 aromatic heterocycles. The molecule has 0 aliphatic carbocycles. The molecular weight excluding hydrogens is 246 g/mol. The van der Waals surface area contributed by atoms with Gasteiger partial charge in [-0.1, -0.05) is 0 Å². The van der Waals surface area contributed by atoms with Crippen LogP contribution in [0.4, 0.5) is 0 Å². The van der Waals surface area contributed by atoms with Gasteiger partial charge in [-0.15, -0.1) is 0 Å². The molecule has 0 saturated heterocycles. The number of allylic oxidation sites excluding steroid dienone is 2. The lowest BCUT2D eigenvalue weighted by atomic mass is 10.6. The molecule has 18 heavy (non-hydrogen) atoms. The first kappa shape index (κ1) is 20.8. The Labute approximate surface area is 104 Å². The predicted molar refractivity (Wildman–Crippen MR) is 62.4 cm³/mol. The van der Waals surface area contributed by atoms with Crippen LogP contribution in [0.3, 0.4) is 0 Å². The molecule has 1 aliphatic heterocycles. The van der Waals surface area contributed by atoms with Gasteiger partial charge in [0.1, 0.15) is 6.26 Å². The molecule has 104 valence electrons. The summed E-state index contributed by atoms with van der Waals surface area (Å²) in [4.78, 5) is 31.6. The van der Waals surface area contributed by atoms with Crippen molar-refractivity contribution in [1.82, 2.24) is 5.48 Å². The maximum absolute atomic E-state index is 9.00. The molecule has 0 fully saturated rings. The highest BCUT2D eigenvalue weighted by atomic mass is 16.6. The lowest BCUT2D eigenvalue weighted by Crippen LogP contribution is -2.01. The lowest BCUT2D eigenvalue weighted by molar-refractivity contribution is -0.135. The van der Waals surface area contributed by atoms with E-state index in [0.717, 1.165) is 20.8 Å². The van der Waals surface area contributed by atoms with Gasteiger partial charge in [0.05, 0.1) is 0 Å². The highest BCUT2D eigenvalue weighted by molar-refractivity contribution is 5.63. The Morgan fingerprint density at radius 2 is 1.22 bits per heavy atom. The maximum atomic E-state index is 9.00. The third-order valence-corrected chi connectivity index (χ3v) is 0.490. The molecule has 0 amide bonds. The van der Waals surface area contributed by atoms with E-state index in [1.807, 2.05) is 6.08 Å². The first-order valence-electron chi connectivity index (χ1n) is 4.51. The van der Waals surface area contributed by atoms with Crippen LogP contribution in [-0.4, -0.2) is 33.2 Å². The van der Waals surface area contributed by atoms with Crippen molar-refractivity contribution in [2.45, 2.75) is 20.8 Å². The van der Waals surface area contributed by atoms with E-state index >= 15 is 0 Å². The van der Waals surface area contributed by atoms with Gasteiger partial charge in [0, 0.05) is 27.0 Å². The summed E-state index contributed by atoms with van der Waals surface area (Å²) in [6.07, 6.45) is 6.93. The number of rotatable bonds is 0. The van der Waals surface area contributed by atoms with Crippen molar-refractivity contribution in [3.05, 3.63) is 24.6 Å². The number of carboxylic acids is 3. The van der Waals surface area contributed by atoms with E-state index in [2.05, 4.69) is 10.3 Å². The fourth-order valence-electron chi connectivity index (χ4n) is 0.258. The van der Waals surface area contributed by atoms with Crippen LogP contribution < -0.4 is 5.48 Å². The molecule has 8 heteroatoms. The quantitative estimate of drug-likeness (QED) is 0.504. The molecular formula is C10H17NO7. The number of carbonyl (C=O) groups is 3. The normalized spacial score (nSPS) is 9.50. The summed E-state index contributed by atoms with van der Waals surface area (Å²) in [6, 6.07) is 0. The van der Waals surface area contributed by atoms with Crippen molar-refractivity contribution in [3.63, 3.8) is 0 Å². The average Bonchev–Trinajstić information content (AvgIpc) is 2.17. The standard InChI is InChI=1S/C4H5NO.3C2H4O2/c1-2-4-6-5-3-1;3*1-2(3)4/h1-5H;3*1H3,(H,3,4). The van der Waals surface area contributed by atoms with E-state index in [0.29, 0.717) is 0 Å². The largest absolute Gasteiger partial charge is 0.481 e. The molecule has 0 radical (unpaired) electrons. The van der Waals surface area contributed by atoms with Crippen LogP contribution in [0, 0.1) is 0 Å². The summed E-state index contributed by atoms with van der Waals surface area (Å²) in [5, 5.41) is 22.2. The Bertz CT molecular complexity index is 244. The zero-order valence-electron chi connectivity index (χ0n) is 10.3. The lowest BCUT2D eigenvalue weighted by Gasteiger charge is -1.97. The van der Waals surface area contributed by atoms with Crippen LogP contribution in [0.2, 0.25) is 0 Å². The molecule has 0 aromatic carbocycles.